The molecule has 86 valence electrons. The molecule has 0 radical (unpaired) electrons. The molecule has 1 aliphatic rings. The van der Waals surface area contributed by atoms with Gasteiger partial charge in [-0.25, -0.2) is 4.79 Å². The molecule has 0 unspecified atom stereocenters. The van der Waals surface area contributed by atoms with E-state index < -0.39 is 5.97 Å². The van der Waals surface area contributed by atoms with Crippen LogP contribution < -0.4 is 5.73 Å². The number of carboxylic acid groups (broad SMARTS) is 1. The van der Waals surface area contributed by atoms with Crippen molar-refractivity contribution in [1.29, 1.82) is 0 Å². The van der Waals surface area contributed by atoms with Gasteiger partial charge < -0.3 is 10.8 Å². The molecule has 1 saturated carbocycles. The van der Waals surface area contributed by atoms with Crippen molar-refractivity contribution in [2.24, 2.45) is 0 Å². The topological polar surface area (TPSA) is 63.3 Å². The average Bonchev–Trinajstić information content (AvgIpc) is 2.30. The fraction of sp³-hybridized carbons (Fsp3) is 0.462. The highest BCUT2D eigenvalue weighted by atomic mass is 16.4. The molecule has 1 aromatic rings. The molecule has 3 nitrogen and oxygen atoms in total. The molecule has 0 aliphatic heterocycles. The third kappa shape index (κ3) is 2.18. The summed E-state index contributed by atoms with van der Waals surface area (Å²) in [7, 11) is 0. The maximum absolute atomic E-state index is 10.9. The second-order valence-corrected chi connectivity index (χ2v) is 4.48. The number of carbonyl (C=O) groups is 1. The van der Waals surface area contributed by atoms with Gasteiger partial charge in [-0.2, -0.15) is 0 Å². The van der Waals surface area contributed by atoms with Crippen LogP contribution in [0.1, 0.15) is 53.9 Å². The minimum Gasteiger partial charge on any atom is -0.478 e. The van der Waals surface area contributed by atoms with E-state index in [1.165, 1.54) is 19.3 Å². The zero-order chi connectivity index (χ0) is 11.5. The molecule has 0 bridgehead atoms. The lowest BCUT2D eigenvalue weighted by molar-refractivity contribution is 0.0697. The van der Waals surface area contributed by atoms with E-state index >= 15 is 0 Å². The van der Waals surface area contributed by atoms with Crippen LogP contribution in [0.2, 0.25) is 0 Å². The van der Waals surface area contributed by atoms with Crippen molar-refractivity contribution in [2.75, 3.05) is 5.73 Å². The van der Waals surface area contributed by atoms with E-state index in [-0.39, 0.29) is 0 Å². The van der Waals surface area contributed by atoms with Gasteiger partial charge in [-0.1, -0.05) is 19.3 Å². The first-order valence-corrected chi connectivity index (χ1v) is 5.81. The fourth-order valence-electron chi connectivity index (χ4n) is 2.47. The van der Waals surface area contributed by atoms with E-state index in [0.29, 0.717) is 11.5 Å². The number of hydrogen-bond donors (Lipinski definition) is 2. The second-order valence-electron chi connectivity index (χ2n) is 4.48. The average molecular weight is 219 g/mol. The number of benzene rings is 1. The fourth-order valence-corrected chi connectivity index (χ4v) is 2.47. The molecule has 1 aromatic carbocycles. The molecule has 1 fully saturated rings. The standard InChI is InChI=1S/C13H17NO2/c14-12-7-6-10(13(15)16)8-11(12)9-4-2-1-3-5-9/h6-9H,1-5,14H2,(H,15,16). The number of anilines is 1. The summed E-state index contributed by atoms with van der Waals surface area (Å²) in [5.41, 5.74) is 8.03. The Kier molecular flexibility index (Phi) is 3.13. The molecule has 0 spiro atoms. The van der Waals surface area contributed by atoms with Gasteiger partial charge in [0.15, 0.2) is 0 Å². The minimum atomic E-state index is -0.878. The predicted molar refractivity (Wildman–Crippen MR) is 63.6 cm³/mol. The predicted octanol–water partition coefficient (Wildman–Crippen LogP) is 3.01. The summed E-state index contributed by atoms with van der Waals surface area (Å²) in [5.74, 6) is -0.426. The van der Waals surface area contributed by atoms with E-state index in [9.17, 15) is 4.79 Å². The number of nitrogens with two attached hydrogens (primary N) is 1. The Morgan fingerprint density at radius 3 is 2.56 bits per heavy atom. The van der Waals surface area contributed by atoms with Gasteiger partial charge >= 0.3 is 5.97 Å². The Bertz CT molecular complexity index is 395. The highest BCUT2D eigenvalue weighted by molar-refractivity contribution is 5.88. The van der Waals surface area contributed by atoms with E-state index in [2.05, 4.69) is 0 Å². The van der Waals surface area contributed by atoms with Gasteiger partial charge in [-0.3, -0.25) is 0 Å². The van der Waals surface area contributed by atoms with Crippen LogP contribution in [-0.2, 0) is 0 Å². The van der Waals surface area contributed by atoms with E-state index in [1.54, 1.807) is 18.2 Å². The zero-order valence-corrected chi connectivity index (χ0v) is 9.28. The lowest BCUT2D eigenvalue weighted by atomic mass is 9.83. The van der Waals surface area contributed by atoms with Crippen molar-refractivity contribution in [2.45, 2.75) is 38.0 Å². The largest absolute Gasteiger partial charge is 0.478 e. The molecule has 3 heteroatoms. The third-order valence-electron chi connectivity index (χ3n) is 3.38. The van der Waals surface area contributed by atoms with Crippen LogP contribution in [0.5, 0.6) is 0 Å². The summed E-state index contributed by atoms with van der Waals surface area (Å²) in [6.45, 7) is 0. The molecular weight excluding hydrogens is 202 g/mol. The Hall–Kier alpha value is -1.51. The molecule has 0 atom stereocenters. The maximum Gasteiger partial charge on any atom is 0.335 e. The maximum atomic E-state index is 10.9. The quantitative estimate of drug-likeness (QED) is 0.751. The van der Waals surface area contributed by atoms with Crippen LogP contribution in [-0.4, -0.2) is 11.1 Å². The molecule has 3 N–H and O–H groups in total. The molecule has 1 aliphatic carbocycles. The highest BCUT2D eigenvalue weighted by Crippen LogP contribution is 2.35. The van der Waals surface area contributed by atoms with Crippen molar-refractivity contribution in [3.8, 4) is 0 Å². The van der Waals surface area contributed by atoms with Gasteiger partial charge in [-0.15, -0.1) is 0 Å². The zero-order valence-electron chi connectivity index (χ0n) is 9.28. The van der Waals surface area contributed by atoms with Crippen molar-refractivity contribution < 1.29 is 9.90 Å². The SMILES string of the molecule is Nc1ccc(C(=O)O)cc1C1CCCCC1. The monoisotopic (exact) mass is 219 g/mol. The van der Waals surface area contributed by atoms with Crippen LogP contribution in [0, 0.1) is 0 Å². The number of rotatable bonds is 2. The van der Waals surface area contributed by atoms with Crippen molar-refractivity contribution in [1.82, 2.24) is 0 Å². The third-order valence-corrected chi connectivity index (χ3v) is 3.38. The summed E-state index contributed by atoms with van der Waals surface area (Å²) in [6, 6.07) is 5.03. The lowest BCUT2D eigenvalue weighted by Gasteiger charge is -2.23. The first-order valence-electron chi connectivity index (χ1n) is 5.81. The highest BCUT2D eigenvalue weighted by Gasteiger charge is 2.18. The Balaban J connectivity index is 2.30. The normalized spacial score (nSPS) is 17.2. The van der Waals surface area contributed by atoms with Crippen LogP contribution in [0.15, 0.2) is 18.2 Å². The summed E-state index contributed by atoms with van der Waals surface area (Å²) in [6.07, 6.45) is 6.00. The molecule has 0 amide bonds. The van der Waals surface area contributed by atoms with Crippen LogP contribution in [0.3, 0.4) is 0 Å². The molecule has 0 aromatic heterocycles. The summed E-state index contributed by atoms with van der Waals surface area (Å²) >= 11 is 0. The van der Waals surface area contributed by atoms with E-state index in [1.807, 2.05) is 0 Å². The van der Waals surface area contributed by atoms with Crippen molar-refractivity contribution in [3.63, 3.8) is 0 Å². The summed E-state index contributed by atoms with van der Waals surface area (Å²) in [5, 5.41) is 8.96. The van der Waals surface area contributed by atoms with E-state index in [4.69, 9.17) is 10.8 Å². The first kappa shape index (κ1) is 11.0. The number of hydrogen-bond acceptors (Lipinski definition) is 2. The molecular formula is C13H17NO2. The van der Waals surface area contributed by atoms with Gasteiger partial charge in [-0.05, 0) is 42.5 Å². The Morgan fingerprint density at radius 2 is 1.94 bits per heavy atom. The van der Waals surface area contributed by atoms with Gasteiger partial charge in [0.25, 0.3) is 0 Å². The van der Waals surface area contributed by atoms with E-state index in [0.717, 1.165) is 24.1 Å². The van der Waals surface area contributed by atoms with Crippen LogP contribution in [0.25, 0.3) is 0 Å². The second kappa shape index (κ2) is 4.56. The molecule has 16 heavy (non-hydrogen) atoms. The van der Waals surface area contributed by atoms with Gasteiger partial charge in [0.1, 0.15) is 0 Å². The van der Waals surface area contributed by atoms with Crippen molar-refractivity contribution in [3.05, 3.63) is 29.3 Å². The Morgan fingerprint density at radius 1 is 1.25 bits per heavy atom. The van der Waals surface area contributed by atoms with Crippen LogP contribution >= 0.6 is 0 Å². The molecule has 2 rings (SSSR count). The summed E-state index contributed by atoms with van der Waals surface area (Å²) < 4.78 is 0. The van der Waals surface area contributed by atoms with Gasteiger partial charge in [0.05, 0.1) is 5.56 Å². The first-order chi connectivity index (χ1) is 7.68. The molecule has 0 saturated heterocycles. The van der Waals surface area contributed by atoms with Gasteiger partial charge in [0.2, 0.25) is 0 Å². The lowest BCUT2D eigenvalue weighted by Crippen LogP contribution is -2.09. The smallest absolute Gasteiger partial charge is 0.335 e. The number of carboxylic acids is 1. The minimum absolute atomic E-state index is 0.342. The van der Waals surface area contributed by atoms with Gasteiger partial charge in [0, 0.05) is 5.69 Å². The van der Waals surface area contributed by atoms with Crippen LogP contribution in [0.4, 0.5) is 5.69 Å². The number of nitrogen functional groups attached to an aromatic ring is 1. The molecule has 0 heterocycles. The summed E-state index contributed by atoms with van der Waals surface area (Å²) in [4.78, 5) is 10.9. The number of aromatic carboxylic acids is 1. The van der Waals surface area contributed by atoms with Crippen molar-refractivity contribution >= 4 is 11.7 Å². The Labute approximate surface area is 95.3 Å².